The Morgan fingerprint density at radius 3 is 2.59 bits per heavy atom. The second-order valence-electron chi connectivity index (χ2n) is 6.81. The number of hydrogen-bond donors (Lipinski definition) is 2. The van der Waals surface area contributed by atoms with Crippen LogP contribution in [-0.4, -0.2) is 34.0 Å². The predicted octanol–water partition coefficient (Wildman–Crippen LogP) is 2.30. The summed E-state index contributed by atoms with van der Waals surface area (Å²) >= 11 is 1.32. The van der Waals surface area contributed by atoms with E-state index in [4.69, 9.17) is 0 Å². The van der Waals surface area contributed by atoms with Gasteiger partial charge in [-0.1, -0.05) is 30.8 Å². The largest absolute Gasteiger partial charge is 0.507 e. The number of para-hydroxylation sites is 1. The fourth-order valence-electron chi connectivity index (χ4n) is 3.00. The van der Waals surface area contributed by atoms with Gasteiger partial charge in [0, 0.05) is 30.7 Å². The van der Waals surface area contributed by atoms with Crippen molar-refractivity contribution in [2.45, 2.75) is 0 Å². The molecule has 0 spiro atoms. The minimum absolute atomic E-state index is 0.149. The number of phenols is 1. The third-order valence-corrected chi connectivity index (χ3v) is 5.42. The summed E-state index contributed by atoms with van der Waals surface area (Å²) in [5.41, 5.74) is 3.02. The SMILES string of the molecule is C=c1[nH]n(-c2nc(-c3ccccc3O)cs2)c(=O)c1=Cc1ccc(N(C)C)cc1. The molecule has 2 N–H and O–H groups in total. The highest BCUT2D eigenvalue weighted by molar-refractivity contribution is 7.12. The Bertz CT molecular complexity index is 1330. The molecular formula is C22H20N4O2S. The van der Waals surface area contributed by atoms with Crippen LogP contribution in [0.1, 0.15) is 5.56 Å². The Labute approximate surface area is 171 Å². The maximum absolute atomic E-state index is 13.0. The molecule has 0 aliphatic carbocycles. The molecule has 6 nitrogen and oxygen atoms in total. The Balaban J connectivity index is 1.74. The van der Waals surface area contributed by atoms with Crippen molar-refractivity contribution in [2.75, 3.05) is 19.0 Å². The molecule has 0 saturated carbocycles. The van der Waals surface area contributed by atoms with Gasteiger partial charge in [0.05, 0.1) is 16.3 Å². The topological polar surface area (TPSA) is 74.1 Å². The van der Waals surface area contributed by atoms with Crippen molar-refractivity contribution >= 4 is 29.7 Å². The van der Waals surface area contributed by atoms with Crippen molar-refractivity contribution in [3.63, 3.8) is 0 Å². The third-order valence-electron chi connectivity index (χ3n) is 4.59. The van der Waals surface area contributed by atoms with E-state index in [-0.39, 0.29) is 11.3 Å². The van der Waals surface area contributed by atoms with Crippen LogP contribution in [0, 0.1) is 0 Å². The van der Waals surface area contributed by atoms with E-state index in [1.807, 2.05) is 60.8 Å². The molecule has 0 amide bonds. The summed E-state index contributed by atoms with van der Waals surface area (Å²) in [6, 6.07) is 14.9. The zero-order valence-corrected chi connectivity index (χ0v) is 16.9. The number of nitrogens with one attached hydrogen (secondary N) is 1. The highest BCUT2D eigenvalue weighted by Gasteiger charge is 2.12. The zero-order valence-electron chi connectivity index (χ0n) is 16.1. The molecule has 0 bridgehead atoms. The van der Waals surface area contributed by atoms with Crippen molar-refractivity contribution in [2.24, 2.45) is 0 Å². The molecule has 0 atom stereocenters. The number of aromatic amines is 1. The Morgan fingerprint density at radius 2 is 1.90 bits per heavy atom. The summed E-state index contributed by atoms with van der Waals surface area (Å²) in [7, 11) is 3.96. The number of aromatic nitrogens is 3. The molecule has 0 aliphatic rings. The summed E-state index contributed by atoms with van der Waals surface area (Å²) in [5, 5.41) is 16.3. The van der Waals surface area contributed by atoms with E-state index in [2.05, 4.69) is 16.7 Å². The monoisotopic (exact) mass is 404 g/mol. The fourth-order valence-corrected chi connectivity index (χ4v) is 3.78. The molecule has 0 radical (unpaired) electrons. The van der Waals surface area contributed by atoms with E-state index in [0.717, 1.165) is 11.3 Å². The second kappa shape index (κ2) is 7.44. The van der Waals surface area contributed by atoms with Crippen LogP contribution < -0.4 is 21.0 Å². The number of aromatic hydroxyl groups is 1. The predicted molar refractivity (Wildman–Crippen MR) is 118 cm³/mol. The van der Waals surface area contributed by atoms with E-state index in [0.29, 0.717) is 27.0 Å². The van der Waals surface area contributed by atoms with Crippen molar-refractivity contribution in [3.05, 3.63) is 80.4 Å². The molecule has 2 heterocycles. The van der Waals surface area contributed by atoms with Crippen LogP contribution in [0.2, 0.25) is 0 Å². The van der Waals surface area contributed by atoms with Crippen LogP contribution in [0.25, 0.3) is 29.0 Å². The Kier molecular flexibility index (Phi) is 4.82. The summed E-state index contributed by atoms with van der Waals surface area (Å²) in [6.45, 7) is 3.97. The van der Waals surface area contributed by atoms with Gasteiger partial charge in [0.15, 0.2) is 0 Å². The van der Waals surface area contributed by atoms with Gasteiger partial charge in [-0.25, -0.2) is 4.98 Å². The average Bonchev–Trinajstić information content (AvgIpc) is 3.29. The molecule has 0 fully saturated rings. The van der Waals surface area contributed by atoms with Gasteiger partial charge in [0.25, 0.3) is 5.56 Å². The molecule has 4 aromatic rings. The lowest BCUT2D eigenvalue weighted by Crippen LogP contribution is -2.33. The lowest BCUT2D eigenvalue weighted by Gasteiger charge is -2.11. The number of nitrogens with zero attached hydrogens (tertiary/aromatic N) is 3. The lowest BCUT2D eigenvalue weighted by atomic mass is 10.1. The first-order valence-corrected chi connectivity index (χ1v) is 9.85. The van der Waals surface area contributed by atoms with Crippen molar-refractivity contribution < 1.29 is 5.11 Å². The quantitative estimate of drug-likeness (QED) is 0.547. The first-order chi connectivity index (χ1) is 13.9. The molecular weight excluding hydrogens is 384 g/mol. The van der Waals surface area contributed by atoms with Gasteiger partial charge in [0.1, 0.15) is 5.75 Å². The van der Waals surface area contributed by atoms with Gasteiger partial charge < -0.3 is 10.0 Å². The normalized spacial score (nSPS) is 11.7. The molecule has 7 heteroatoms. The fraction of sp³-hybridized carbons (Fsp3) is 0.0909. The Morgan fingerprint density at radius 1 is 1.17 bits per heavy atom. The minimum atomic E-state index is -0.218. The summed E-state index contributed by atoms with van der Waals surface area (Å²) in [6.07, 6.45) is 1.81. The number of H-pyrrole nitrogens is 1. The average molecular weight is 404 g/mol. The smallest absolute Gasteiger partial charge is 0.281 e. The van der Waals surface area contributed by atoms with E-state index in [1.54, 1.807) is 18.2 Å². The lowest BCUT2D eigenvalue weighted by molar-refractivity contribution is 0.477. The molecule has 146 valence electrons. The maximum atomic E-state index is 13.0. The molecule has 4 rings (SSSR count). The van der Waals surface area contributed by atoms with E-state index in [9.17, 15) is 9.90 Å². The van der Waals surface area contributed by atoms with Crippen LogP contribution >= 0.6 is 11.3 Å². The highest BCUT2D eigenvalue weighted by atomic mass is 32.1. The van der Waals surface area contributed by atoms with Crippen molar-refractivity contribution in [1.29, 1.82) is 0 Å². The summed E-state index contributed by atoms with van der Waals surface area (Å²) in [5.74, 6) is 0.149. The number of anilines is 1. The van der Waals surface area contributed by atoms with Gasteiger partial charge in [-0.2, -0.15) is 4.68 Å². The highest BCUT2D eigenvalue weighted by Crippen LogP contribution is 2.29. The second-order valence-corrected chi connectivity index (χ2v) is 7.64. The first kappa shape index (κ1) is 18.8. The van der Waals surface area contributed by atoms with Gasteiger partial charge in [-0.15, -0.1) is 11.3 Å². The van der Waals surface area contributed by atoms with Crippen LogP contribution in [0.4, 0.5) is 5.69 Å². The molecule has 0 saturated heterocycles. The minimum Gasteiger partial charge on any atom is -0.507 e. The van der Waals surface area contributed by atoms with Crippen LogP contribution in [0.15, 0.2) is 58.7 Å². The first-order valence-electron chi connectivity index (χ1n) is 8.97. The Hall–Kier alpha value is -3.58. The number of benzene rings is 2. The van der Waals surface area contributed by atoms with Gasteiger partial charge >= 0.3 is 0 Å². The maximum Gasteiger partial charge on any atom is 0.281 e. The number of thiazole rings is 1. The van der Waals surface area contributed by atoms with E-state index >= 15 is 0 Å². The van der Waals surface area contributed by atoms with E-state index < -0.39 is 0 Å². The van der Waals surface area contributed by atoms with Crippen molar-refractivity contribution in [3.8, 4) is 22.1 Å². The molecule has 2 aromatic heterocycles. The summed E-state index contributed by atoms with van der Waals surface area (Å²) < 4.78 is 1.39. The van der Waals surface area contributed by atoms with E-state index in [1.165, 1.54) is 16.0 Å². The van der Waals surface area contributed by atoms with Crippen LogP contribution in [0.5, 0.6) is 5.75 Å². The number of hydrogen-bond acceptors (Lipinski definition) is 5. The summed E-state index contributed by atoms with van der Waals surface area (Å²) in [4.78, 5) is 19.5. The van der Waals surface area contributed by atoms with Crippen molar-refractivity contribution in [1.82, 2.24) is 14.8 Å². The van der Waals surface area contributed by atoms with Gasteiger partial charge in [-0.05, 0) is 35.9 Å². The molecule has 0 unspecified atom stereocenters. The molecule has 2 aromatic carbocycles. The third kappa shape index (κ3) is 3.60. The zero-order chi connectivity index (χ0) is 20.5. The number of phenolic OH excluding ortho intramolecular Hbond substituents is 1. The van der Waals surface area contributed by atoms with Crippen LogP contribution in [0.3, 0.4) is 0 Å². The number of rotatable bonds is 4. The van der Waals surface area contributed by atoms with Gasteiger partial charge in [-0.3, -0.25) is 9.89 Å². The molecule has 29 heavy (non-hydrogen) atoms. The molecule has 0 aliphatic heterocycles. The standard InChI is InChI=1S/C22H20N4O2S/c1-14-18(12-15-8-10-16(11-9-15)25(2)3)21(28)26(24-14)22-23-19(13-29-22)17-6-4-5-7-20(17)27/h4-13,24,27H,1H2,2-3H3. The van der Waals surface area contributed by atoms with Crippen LogP contribution in [-0.2, 0) is 0 Å². The van der Waals surface area contributed by atoms with Gasteiger partial charge in [0.2, 0.25) is 5.13 Å².